The molecule has 0 fully saturated rings. The molecule has 0 atom stereocenters. The summed E-state index contributed by atoms with van der Waals surface area (Å²) in [5.41, 5.74) is 14.4. The zero-order valence-electron chi connectivity index (χ0n) is 21.5. The van der Waals surface area contributed by atoms with Crippen molar-refractivity contribution in [1.29, 1.82) is 0 Å². The molecule has 4 rings (SSSR count). The van der Waals surface area contributed by atoms with Gasteiger partial charge < -0.3 is 15.5 Å². The lowest BCUT2D eigenvalue weighted by Gasteiger charge is -2.29. The van der Waals surface area contributed by atoms with E-state index >= 15 is 0 Å². The first-order chi connectivity index (χ1) is 16.6. The van der Waals surface area contributed by atoms with Gasteiger partial charge in [-0.1, -0.05) is 48.4 Å². The topological polar surface area (TPSA) is 71.3 Å². The Kier molecular flexibility index (Phi) is 6.62. The van der Waals surface area contributed by atoms with Crippen LogP contribution in [-0.4, -0.2) is 16.7 Å². The number of nitrogens with two attached hydrogens (primary N) is 1. The average Bonchev–Trinajstić information content (AvgIpc) is 3.14. The van der Waals surface area contributed by atoms with E-state index in [0.717, 1.165) is 51.0 Å². The normalized spacial score (nSPS) is 11.6. The number of hydrogen-bond donors (Lipinski definition) is 2. The summed E-state index contributed by atoms with van der Waals surface area (Å²) in [6, 6.07) is 20.4. The number of nitrogens with one attached hydrogen (secondary N) is 1. The molecule has 1 amide bonds. The maximum Gasteiger partial charge on any atom is 0.415 e. The van der Waals surface area contributed by atoms with Crippen molar-refractivity contribution < 1.29 is 9.53 Å². The van der Waals surface area contributed by atoms with Crippen LogP contribution in [0.15, 0.2) is 60.7 Å². The number of rotatable bonds is 5. The van der Waals surface area contributed by atoms with Crippen LogP contribution in [0.5, 0.6) is 0 Å². The summed E-state index contributed by atoms with van der Waals surface area (Å²) in [5, 5.41) is 0.888. The quantitative estimate of drug-likeness (QED) is 0.297. The van der Waals surface area contributed by atoms with E-state index in [4.69, 9.17) is 10.5 Å². The lowest BCUT2D eigenvalue weighted by atomic mass is 10.0. The number of aromatic nitrogens is 1. The zero-order valence-corrected chi connectivity index (χ0v) is 21.5. The van der Waals surface area contributed by atoms with Crippen LogP contribution in [0.4, 0.5) is 16.2 Å². The number of hydrogen-bond acceptors (Lipinski definition) is 3. The Morgan fingerprint density at radius 2 is 1.63 bits per heavy atom. The number of carbonyl (C=O) groups excluding carboxylic acids is 1. The first-order valence-electron chi connectivity index (χ1n) is 12.1. The highest BCUT2D eigenvalue weighted by Crippen LogP contribution is 2.40. The van der Waals surface area contributed by atoms with Crippen LogP contribution in [0.3, 0.4) is 0 Å². The first-order valence-corrected chi connectivity index (χ1v) is 12.1. The van der Waals surface area contributed by atoms with Gasteiger partial charge in [-0.3, -0.25) is 4.90 Å². The van der Waals surface area contributed by atoms with Crippen molar-refractivity contribution in [3.05, 3.63) is 82.9 Å². The minimum Gasteiger partial charge on any atom is -0.443 e. The van der Waals surface area contributed by atoms with E-state index in [1.807, 2.05) is 51.1 Å². The molecule has 0 spiro atoms. The van der Waals surface area contributed by atoms with Crippen LogP contribution < -0.4 is 10.6 Å². The van der Waals surface area contributed by atoms with Crippen LogP contribution in [0.1, 0.15) is 49.9 Å². The number of ether oxygens (including phenoxy) is 1. The number of aryl methyl sites for hydroxylation is 3. The maximum absolute atomic E-state index is 13.8. The van der Waals surface area contributed by atoms with Gasteiger partial charge in [-0.2, -0.15) is 0 Å². The number of nitrogen functional groups attached to an aromatic ring is 1. The van der Waals surface area contributed by atoms with Crippen molar-refractivity contribution in [3.63, 3.8) is 0 Å². The molecule has 0 saturated carbocycles. The summed E-state index contributed by atoms with van der Waals surface area (Å²) in [7, 11) is 0. The Hall–Kier alpha value is -3.73. The molecule has 1 aromatic heterocycles. The van der Waals surface area contributed by atoms with E-state index in [1.54, 1.807) is 4.90 Å². The van der Waals surface area contributed by atoms with Gasteiger partial charge in [-0.25, -0.2) is 4.79 Å². The van der Waals surface area contributed by atoms with Crippen molar-refractivity contribution in [1.82, 2.24) is 4.98 Å². The van der Waals surface area contributed by atoms with Crippen LogP contribution >= 0.6 is 0 Å². The van der Waals surface area contributed by atoms with Crippen molar-refractivity contribution >= 4 is 28.4 Å². The zero-order chi connectivity index (χ0) is 25.3. The molecule has 3 N–H and O–H groups in total. The van der Waals surface area contributed by atoms with E-state index in [2.05, 4.69) is 56.1 Å². The molecule has 0 saturated heterocycles. The van der Waals surface area contributed by atoms with Gasteiger partial charge in [-0.15, -0.1) is 0 Å². The second kappa shape index (κ2) is 9.49. The molecule has 0 aliphatic heterocycles. The molecular formula is C30H35N3O2. The number of benzene rings is 3. The van der Waals surface area contributed by atoms with Crippen LogP contribution in [0.25, 0.3) is 22.2 Å². The van der Waals surface area contributed by atoms with Crippen molar-refractivity contribution in [3.8, 4) is 11.3 Å². The van der Waals surface area contributed by atoms with Crippen molar-refractivity contribution in [2.45, 2.75) is 60.1 Å². The van der Waals surface area contributed by atoms with Gasteiger partial charge in [0.25, 0.3) is 0 Å². The summed E-state index contributed by atoms with van der Waals surface area (Å²) in [6.07, 6.45) is 0.487. The highest BCUT2D eigenvalue weighted by molar-refractivity contribution is 6.08. The van der Waals surface area contributed by atoms with E-state index in [9.17, 15) is 4.79 Å². The second-order valence-corrected chi connectivity index (χ2v) is 10.2. The van der Waals surface area contributed by atoms with Crippen molar-refractivity contribution in [2.75, 3.05) is 10.6 Å². The number of anilines is 2. The molecule has 0 radical (unpaired) electrons. The SMILES string of the molecule is CCc1ccccc1CN(C(=O)OC(C)(C)C)c1c(-c2cc(C)cc(C)c2)[nH]c2ccc(N)cc12. The van der Waals surface area contributed by atoms with E-state index < -0.39 is 11.7 Å². The molecule has 1 heterocycles. The minimum atomic E-state index is -0.634. The lowest BCUT2D eigenvalue weighted by molar-refractivity contribution is 0.0578. The second-order valence-electron chi connectivity index (χ2n) is 10.2. The lowest BCUT2D eigenvalue weighted by Crippen LogP contribution is -2.37. The molecular weight excluding hydrogens is 434 g/mol. The fourth-order valence-corrected chi connectivity index (χ4v) is 4.58. The molecule has 5 heteroatoms. The number of carbonyl (C=O) groups is 1. The van der Waals surface area contributed by atoms with E-state index in [1.165, 1.54) is 5.56 Å². The van der Waals surface area contributed by atoms with Crippen LogP contribution in [-0.2, 0) is 17.7 Å². The van der Waals surface area contributed by atoms with Gasteiger partial charge in [0, 0.05) is 22.2 Å². The smallest absolute Gasteiger partial charge is 0.415 e. The Labute approximate surface area is 207 Å². The van der Waals surface area contributed by atoms with Gasteiger partial charge in [-0.05, 0) is 82.5 Å². The van der Waals surface area contributed by atoms with Crippen LogP contribution in [0.2, 0.25) is 0 Å². The molecule has 35 heavy (non-hydrogen) atoms. The molecule has 3 aromatic carbocycles. The maximum atomic E-state index is 13.8. The molecule has 0 aliphatic carbocycles. The predicted octanol–water partition coefficient (Wildman–Crippen LogP) is 7.54. The third-order valence-electron chi connectivity index (χ3n) is 6.02. The number of nitrogens with zero attached hydrogens (tertiary/aromatic N) is 1. The standard InChI is InChI=1S/C30H35N3O2/c1-7-21-10-8-9-11-22(21)18-33(29(34)35-30(4,5)6)28-25-17-24(31)12-13-26(25)32-27(28)23-15-19(2)14-20(3)16-23/h8-17,32H,7,18,31H2,1-6H3. The van der Waals surface area contributed by atoms with Crippen molar-refractivity contribution in [2.24, 2.45) is 0 Å². The van der Waals surface area contributed by atoms with Crippen LogP contribution in [0, 0.1) is 13.8 Å². The Morgan fingerprint density at radius 1 is 0.971 bits per heavy atom. The predicted molar refractivity (Wildman–Crippen MR) is 146 cm³/mol. The summed E-state index contributed by atoms with van der Waals surface area (Å²) in [4.78, 5) is 19.1. The first kappa shape index (κ1) is 24.4. The Morgan fingerprint density at radius 3 is 2.26 bits per heavy atom. The van der Waals surface area contributed by atoms with Gasteiger partial charge >= 0.3 is 6.09 Å². The number of amides is 1. The fraction of sp³-hybridized carbons (Fsp3) is 0.300. The number of fused-ring (bicyclic) bond motifs is 1. The van der Waals surface area contributed by atoms with Gasteiger partial charge in [0.2, 0.25) is 0 Å². The van der Waals surface area contributed by atoms with Gasteiger partial charge in [0.15, 0.2) is 0 Å². The number of aromatic amines is 1. The summed E-state index contributed by atoms with van der Waals surface area (Å²) in [6.45, 7) is 12.4. The largest absolute Gasteiger partial charge is 0.443 e. The van der Waals surface area contributed by atoms with E-state index in [-0.39, 0.29) is 0 Å². The van der Waals surface area contributed by atoms with Gasteiger partial charge in [0.05, 0.1) is 17.9 Å². The average molecular weight is 470 g/mol. The minimum absolute atomic E-state index is 0.387. The monoisotopic (exact) mass is 469 g/mol. The highest BCUT2D eigenvalue weighted by Gasteiger charge is 2.29. The Balaban J connectivity index is 1.98. The molecule has 5 nitrogen and oxygen atoms in total. The molecule has 4 aromatic rings. The Bertz CT molecular complexity index is 1360. The summed E-state index contributed by atoms with van der Waals surface area (Å²) < 4.78 is 5.93. The summed E-state index contributed by atoms with van der Waals surface area (Å²) in [5.74, 6) is 0. The molecule has 0 unspecified atom stereocenters. The molecule has 0 aliphatic rings. The van der Waals surface area contributed by atoms with Gasteiger partial charge in [0.1, 0.15) is 5.60 Å². The van der Waals surface area contributed by atoms with E-state index in [0.29, 0.717) is 12.2 Å². The fourth-order valence-electron chi connectivity index (χ4n) is 4.58. The third kappa shape index (κ3) is 5.35. The third-order valence-corrected chi connectivity index (χ3v) is 6.02. The summed E-state index contributed by atoms with van der Waals surface area (Å²) >= 11 is 0. The number of H-pyrrole nitrogens is 1. The molecule has 182 valence electrons. The molecule has 0 bridgehead atoms. The highest BCUT2D eigenvalue weighted by atomic mass is 16.6.